The van der Waals surface area contributed by atoms with E-state index in [9.17, 15) is 14.0 Å². The molecule has 0 atom stereocenters. The molecule has 1 heterocycles. The smallest absolute Gasteiger partial charge is 0.232 e. The number of benzene rings is 1. The second kappa shape index (κ2) is 4.19. The Morgan fingerprint density at radius 2 is 2.00 bits per heavy atom. The van der Waals surface area contributed by atoms with Gasteiger partial charge in [0.05, 0.1) is 5.69 Å². The van der Waals surface area contributed by atoms with Gasteiger partial charge in [-0.05, 0) is 18.2 Å². The van der Waals surface area contributed by atoms with Crippen LogP contribution < -0.4 is 4.90 Å². The van der Waals surface area contributed by atoms with Crippen LogP contribution in [0.15, 0.2) is 18.2 Å². The van der Waals surface area contributed by atoms with Crippen molar-refractivity contribution in [1.82, 2.24) is 0 Å². The molecule has 0 fully saturated rings. The number of hydrogen-bond acceptors (Lipinski definition) is 2. The maximum absolute atomic E-state index is 13.2. The molecule has 0 spiro atoms. The average molecular weight is 249 g/mol. The number of hydrogen-bond donors (Lipinski definition) is 0. The van der Waals surface area contributed by atoms with E-state index in [4.69, 9.17) is 0 Å². The Kier molecular flexibility index (Phi) is 2.97. The molecule has 1 aliphatic rings. The summed E-state index contributed by atoms with van der Waals surface area (Å²) in [4.78, 5) is 25.6. The lowest BCUT2D eigenvalue weighted by molar-refractivity contribution is -0.125. The summed E-state index contributed by atoms with van der Waals surface area (Å²) in [5.74, 6) is -0.613. The normalized spacial score (nSPS) is 15.6. The van der Waals surface area contributed by atoms with Crippen LogP contribution in [0.25, 0.3) is 0 Å². The van der Waals surface area contributed by atoms with Gasteiger partial charge in [0, 0.05) is 23.9 Å². The quantitative estimate of drug-likeness (QED) is 0.709. The van der Waals surface area contributed by atoms with Crippen molar-refractivity contribution in [1.29, 1.82) is 0 Å². The summed E-state index contributed by atoms with van der Waals surface area (Å²) in [5, 5.41) is 0. The van der Waals surface area contributed by atoms with Gasteiger partial charge in [0.25, 0.3) is 0 Å². The number of amides is 1. The van der Waals surface area contributed by atoms with Crippen LogP contribution in [-0.4, -0.2) is 18.2 Å². The Hall–Kier alpha value is -1.71. The van der Waals surface area contributed by atoms with E-state index in [-0.39, 0.29) is 18.1 Å². The number of rotatable bonds is 0. The molecule has 18 heavy (non-hydrogen) atoms. The summed E-state index contributed by atoms with van der Waals surface area (Å²) in [5.41, 5.74) is 0.304. The number of Topliss-reactive ketones (excluding diaryl/α,β-unsaturated/α-hetero) is 1. The summed E-state index contributed by atoms with van der Waals surface area (Å²) in [6, 6.07) is 3.99. The third kappa shape index (κ3) is 2.15. The molecule has 0 saturated heterocycles. The van der Waals surface area contributed by atoms with Crippen LogP contribution in [0.5, 0.6) is 0 Å². The second-order valence-electron chi connectivity index (χ2n) is 5.54. The molecule has 96 valence electrons. The van der Waals surface area contributed by atoms with Crippen LogP contribution in [-0.2, 0) is 4.79 Å². The number of fused-ring (bicyclic) bond motifs is 1. The van der Waals surface area contributed by atoms with Crippen LogP contribution in [0.3, 0.4) is 0 Å². The summed E-state index contributed by atoms with van der Waals surface area (Å²) in [6.45, 7) is 5.85. The van der Waals surface area contributed by atoms with E-state index in [0.29, 0.717) is 17.8 Å². The Labute approximate surface area is 106 Å². The summed E-state index contributed by atoms with van der Waals surface area (Å²) in [7, 11) is 0. The minimum atomic E-state index is -0.522. The SMILES string of the molecule is CC(C)(C)C(=O)N1CCC(=O)c2cc(F)ccc21. The predicted molar refractivity (Wildman–Crippen MR) is 67.2 cm³/mol. The molecule has 3 nitrogen and oxygen atoms in total. The second-order valence-corrected chi connectivity index (χ2v) is 5.54. The van der Waals surface area contributed by atoms with Crippen LogP contribution in [0, 0.1) is 11.2 Å². The first-order valence-corrected chi connectivity index (χ1v) is 5.95. The molecule has 0 unspecified atom stereocenters. The molecule has 1 aromatic rings. The zero-order valence-electron chi connectivity index (χ0n) is 10.8. The van der Waals surface area contributed by atoms with Crippen molar-refractivity contribution in [2.75, 3.05) is 11.4 Å². The highest BCUT2D eigenvalue weighted by Crippen LogP contribution is 2.31. The van der Waals surface area contributed by atoms with Gasteiger partial charge < -0.3 is 4.90 Å². The van der Waals surface area contributed by atoms with Crippen LogP contribution in [0.4, 0.5) is 10.1 Å². The molecular formula is C14H16FNO2. The largest absolute Gasteiger partial charge is 0.311 e. The Morgan fingerprint density at radius 3 is 2.61 bits per heavy atom. The van der Waals surface area contributed by atoms with Crippen molar-refractivity contribution in [3.05, 3.63) is 29.6 Å². The Morgan fingerprint density at radius 1 is 1.33 bits per heavy atom. The van der Waals surface area contributed by atoms with Crippen LogP contribution in [0.2, 0.25) is 0 Å². The molecule has 0 bridgehead atoms. The third-order valence-corrected chi connectivity index (χ3v) is 3.00. The van der Waals surface area contributed by atoms with Crippen molar-refractivity contribution in [2.45, 2.75) is 27.2 Å². The molecule has 0 radical (unpaired) electrons. The zero-order valence-corrected chi connectivity index (χ0v) is 10.8. The summed E-state index contributed by atoms with van der Waals surface area (Å²) < 4.78 is 13.2. The lowest BCUT2D eigenvalue weighted by Crippen LogP contribution is -2.43. The van der Waals surface area contributed by atoms with E-state index in [2.05, 4.69) is 0 Å². The number of anilines is 1. The van der Waals surface area contributed by atoms with Crippen molar-refractivity contribution in [2.24, 2.45) is 5.41 Å². The van der Waals surface area contributed by atoms with Gasteiger partial charge in [-0.15, -0.1) is 0 Å². The molecule has 1 aromatic carbocycles. The molecule has 1 aliphatic heterocycles. The first-order valence-electron chi connectivity index (χ1n) is 5.95. The number of carbonyl (C=O) groups excluding carboxylic acids is 2. The Balaban J connectivity index is 2.47. The highest BCUT2D eigenvalue weighted by Gasteiger charge is 2.33. The summed E-state index contributed by atoms with van der Waals surface area (Å²) in [6.07, 6.45) is 0.248. The van der Waals surface area contributed by atoms with Gasteiger partial charge in [-0.3, -0.25) is 9.59 Å². The highest BCUT2D eigenvalue weighted by atomic mass is 19.1. The summed E-state index contributed by atoms with van der Waals surface area (Å²) >= 11 is 0. The maximum Gasteiger partial charge on any atom is 0.232 e. The van der Waals surface area contributed by atoms with Gasteiger partial charge in [0.1, 0.15) is 5.82 Å². The van der Waals surface area contributed by atoms with Crippen LogP contribution in [0.1, 0.15) is 37.6 Å². The average Bonchev–Trinajstić information content (AvgIpc) is 2.28. The molecule has 0 aliphatic carbocycles. The lowest BCUT2D eigenvalue weighted by atomic mass is 9.91. The minimum Gasteiger partial charge on any atom is -0.311 e. The molecule has 0 aromatic heterocycles. The fourth-order valence-electron chi connectivity index (χ4n) is 2.05. The third-order valence-electron chi connectivity index (χ3n) is 3.00. The first kappa shape index (κ1) is 12.7. The molecular weight excluding hydrogens is 233 g/mol. The number of nitrogens with zero attached hydrogens (tertiary/aromatic N) is 1. The number of halogens is 1. The van der Waals surface area contributed by atoms with Crippen LogP contribution >= 0.6 is 0 Å². The van der Waals surface area contributed by atoms with E-state index in [1.165, 1.54) is 18.2 Å². The molecule has 2 rings (SSSR count). The Bertz CT molecular complexity index is 517. The lowest BCUT2D eigenvalue weighted by Gasteiger charge is -2.33. The van der Waals surface area contributed by atoms with E-state index in [1.54, 1.807) is 4.90 Å². The van der Waals surface area contributed by atoms with Gasteiger partial charge in [-0.25, -0.2) is 4.39 Å². The van der Waals surface area contributed by atoms with Gasteiger partial charge in [0.2, 0.25) is 5.91 Å². The zero-order chi connectivity index (χ0) is 13.5. The van der Waals surface area contributed by atoms with Gasteiger partial charge in [-0.1, -0.05) is 20.8 Å². The van der Waals surface area contributed by atoms with Crippen molar-refractivity contribution in [3.63, 3.8) is 0 Å². The molecule has 1 amide bonds. The van der Waals surface area contributed by atoms with Crippen molar-refractivity contribution in [3.8, 4) is 0 Å². The predicted octanol–water partition coefficient (Wildman–Crippen LogP) is 2.79. The number of carbonyl (C=O) groups is 2. The van der Waals surface area contributed by atoms with Crippen molar-refractivity contribution >= 4 is 17.4 Å². The monoisotopic (exact) mass is 249 g/mol. The van der Waals surface area contributed by atoms with E-state index < -0.39 is 11.2 Å². The fourth-order valence-corrected chi connectivity index (χ4v) is 2.05. The molecule has 0 saturated carbocycles. The van der Waals surface area contributed by atoms with Gasteiger partial charge in [-0.2, -0.15) is 0 Å². The minimum absolute atomic E-state index is 0.0529. The van der Waals surface area contributed by atoms with Crippen molar-refractivity contribution < 1.29 is 14.0 Å². The van der Waals surface area contributed by atoms with Gasteiger partial charge >= 0.3 is 0 Å². The highest BCUT2D eigenvalue weighted by molar-refractivity contribution is 6.09. The molecule has 4 heteroatoms. The van der Waals surface area contributed by atoms with E-state index in [1.807, 2.05) is 20.8 Å². The first-order chi connectivity index (χ1) is 8.30. The standard InChI is InChI=1S/C14H16FNO2/c1-14(2,3)13(18)16-7-6-12(17)10-8-9(15)4-5-11(10)16/h4-5,8H,6-7H2,1-3H3. The fraction of sp³-hybridized carbons (Fsp3) is 0.429. The number of ketones is 1. The van der Waals surface area contributed by atoms with Gasteiger partial charge in [0.15, 0.2) is 5.78 Å². The van der Waals surface area contributed by atoms with E-state index in [0.717, 1.165) is 0 Å². The topological polar surface area (TPSA) is 37.4 Å². The van der Waals surface area contributed by atoms with E-state index >= 15 is 0 Å². The maximum atomic E-state index is 13.2. The molecule has 0 N–H and O–H groups in total.